The van der Waals surface area contributed by atoms with Crippen LogP contribution in [-0.4, -0.2) is 27.7 Å². The van der Waals surface area contributed by atoms with Gasteiger partial charge in [0.15, 0.2) is 0 Å². The number of aromatic nitrogens is 2. The van der Waals surface area contributed by atoms with Gasteiger partial charge in [0.1, 0.15) is 0 Å². The minimum atomic E-state index is -0.276. The molecule has 0 radical (unpaired) electrons. The Labute approximate surface area is 183 Å². The Morgan fingerprint density at radius 1 is 1.03 bits per heavy atom. The third kappa shape index (κ3) is 2.90. The summed E-state index contributed by atoms with van der Waals surface area (Å²) in [6.45, 7) is 0. The second-order valence-corrected chi connectivity index (χ2v) is 8.07. The van der Waals surface area contributed by atoms with Crippen LogP contribution in [0.25, 0.3) is 22.2 Å². The van der Waals surface area contributed by atoms with Gasteiger partial charge >= 0.3 is 0 Å². The van der Waals surface area contributed by atoms with E-state index in [2.05, 4.69) is 33.1 Å². The zero-order valence-electron chi connectivity index (χ0n) is 17.0. The molecule has 2 aliphatic rings. The molecule has 7 heteroatoms. The number of amides is 2. The summed E-state index contributed by atoms with van der Waals surface area (Å²) in [6, 6.07) is 19.4. The van der Waals surface area contributed by atoms with Crippen molar-refractivity contribution in [3.05, 3.63) is 89.7 Å². The number of carbonyl (C=O) groups is 2. The van der Waals surface area contributed by atoms with Crippen molar-refractivity contribution >= 4 is 28.9 Å². The van der Waals surface area contributed by atoms with Crippen LogP contribution in [-0.2, 0) is 4.79 Å². The Hall–Kier alpha value is -4.26. The lowest BCUT2D eigenvalue weighted by molar-refractivity contribution is -0.118. The number of nitrogens with one attached hydrogen (secondary N) is 2. The first kappa shape index (κ1) is 18.5. The topological polar surface area (TPSA) is 88.4 Å². The van der Waals surface area contributed by atoms with E-state index in [1.54, 1.807) is 29.4 Å². The molecule has 2 N–H and O–H groups in total. The highest BCUT2D eigenvalue weighted by Crippen LogP contribution is 2.48. The zero-order chi connectivity index (χ0) is 21.7. The predicted molar refractivity (Wildman–Crippen MR) is 122 cm³/mol. The van der Waals surface area contributed by atoms with E-state index in [0.717, 1.165) is 34.1 Å². The Bertz CT molecular complexity index is 1390. The van der Waals surface area contributed by atoms with Gasteiger partial charge < -0.3 is 0 Å². The number of hydrogen-bond donors (Lipinski definition) is 2. The maximum absolute atomic E-state index is 13.3. The highest BCUT2D eigenvalue weighted by molar-refractivity contribution is 6.17. The molecule has 2 atom stereocenters. The van der Waals surface area contributed by atoms with Crippen molar-refractivity contribution < 1.29 is 9.59 Å². The van der Waals surface area contributed by atoms with E-state index < -0.39 is 0 Å². The van der Waals surface area contributed by atoms with Crippen molar-refractivity contribution in [1.29, 1.82) is 0 Å². The van der Waals surface area contributed by atoms with E-state index in [1.165, 1.54) is 5.56 Å². The molecule has 1 saturated carbocycles. The second-order valence-electron chi connectivity index (χ2n) is 8.07. The number of rotatable bonds is 4. The molecule has 0 unspecified atom stereocenters. The van der Waals surface area contributed by atoms with E-state index in [-0.39, 0.29) is 23.7 Å². The first-order chi connectivity index (χ1) is 15.7. The summed E-state index contributed by atoms with van der Waals surface area (Å²) in [5.41, 5.74) is 10.5. The van der Waals surface area contributed by atoms with Gasteiger partial charge in [-0.05, 0) is 42.2 Å². The first-order valence-corrected chi connectivity index (χ1v) is 10.5. The van der Waals surface area contributed by atoms with Crippen LogP contribution in [0.5, 0.6) is 0 Å². The van der Waals surface area contributed by atoms with Gasteiger partial charge in [0.2, 0.25) is 5.91 Å². The van der Waals surface area contributed by atoms with E-state index >= 15 is 0 Å². The molecule has 0 spiro atoms. The molecule has 0 bridgehead atoms. The molecule has 7 nitrogen and oxygen atoms in total. The molecule has 1 aliphatic carbocycles. The van der Waals surface area contributed by atoms with Crippen LogP contribution in [0.2, 0.25) is 0 Å². The smallest absolute Gasteiger partial charge is 0.272 e. The molecule has 6 rings (SSSR count). The number of benzene rings is 2. The quantitative estimate of drug-likeness (QED) is 0.527. The summed E-state index contributed by atoms with van der Waals surface area (Å²) in [6.07, 6.45) is 5.87. The van der Waals surface area contributed by atoms with Gasteiger partial charge in [-0.15, -0.1) is 0 Å². The summed E-state index contributed by atoms with van der Waals surface area (Å²) < 4.78 is 1.79. The minimum Gasteiger partial charge on any atom is -0.273 e. The summed E-state index contributed by atoms with van der Waals surface area (Å²) >= 11 is 0. The predicted octanol–water partition coefficient (Wildman–Crippen LogP) is 3.65. The van der Waals surface area contributed by atoms with Gasteiger partial charge in [0, 0.05) is 34.8 Å². The van der Waals surface area contributed by atoms with Crippen molar-refractivity contribution in [1.82, 2.24) is 15.1 Å². The van der Waals surface area contributed by atoms with Crippen molar-refractivity contribution in [2.45, 2.75) is 12.3 Å². The van der Waals surface area contributed by atoms with Crippen LogP contribution in [0.1, 0.15) is 33.8 Å². The maximum Gasteiger partial charge on any atom is 0.272 e. The van der Waals surface area contributed by atoms with Gasteiger partial charge in [-0.25, -0.2) is 5.43 Å². The molecule has 1 fully saturated rings. The number of carbonyl (C=O) groups excluding carboxylic acids is 2. The average molecular weight is 421 g/mol. The van der Waals surface area contributed by atoms with Crippen molar-refractivity contribution in [3.63, 3.8) is 0 Å². The molecular weight excluding hydrogens is 402 g/mol. The third-order valence-electron chi connectivity index (χ3n) is 6.17. The van der Waals surface area contributed by atoms with Gasteiger partial charge in [-0.2, -0.15) is 5.10 Å². The Morgan fingerprint density at radius 3 is 2.66 bits per heavy atom. The number of hydrazone groups is 1. The van der Waals surface area contributed by atoms with Crippen LogP contribution in [0.15, 0.2) is 78.2 Å². The fraction of sp³-hybridized carbons (Fsp3) is 0.120. The lowest BCUT2D eigenvalue weighted by Gasteiger charge is -2.14. The maximum atomic E-state index is 13.3. The van der Waals surface area contributed by atoms with E-state index in [4.69, 9.17) is 0 Å². The first-order valence-electron chi connectivity index (χ1n) is 10.5. The Balaban J connectivity index is 1.47. The zero-order valence-corrected chi connectivity index (χ0v) is 17.0. The lowest BCUT2D eigenvalue weighted by atomic mass is 10.0. The number of pyridine rings is 1. The molecule has 0 saturated heterocycles. The fourth-order valence-electron chi connectivity index (χ4n) is 4.56. The lowest BCUT2D eigenvalue weighted by Crippen LogP contribution is -2.25. The van der Waals surface area contributed by atoms with E-state index in [0.29, 0.717) is 5.56 Å². The Kier molecular flexibility index (Phi) is 4.14. The summed E-state index contributed by atoms with van der Waals surface area (Å²) in [5, 5.41) is 4.86. The molecule has 2 aromatic heterocycles. The Morgan fingerprint density at radius 2 is 1.84 bits per heavy atom. The van der Waals surface area contributed by atoms with Crippen LogP contribution >= 0.6 is 0 Å². The largest absolute Gasteiger partial charge is 0.273 e. The van der Waals surface area contributed by atoms with Gasteiger partial charge in [-0.3, -0.25) is 24.7 Å². The van der Waals surface area contributed by atoms with E-state index in [1.807, 2.05) is 42.5 Å². The molecule has 156 valence electrons. The van der Waals surface area contributed by atoms with Crippen molar-refractivity contribution in [3.8, 4) is 11.3 Å². The highest BCUT2D eigenvalue weighted by Gasteiger charge is 2.44. The van der Waals surface area contributed by atoms with Gasteiger partial charge in [0.05, 0.1) is 23.0 Å². The monoisotopic (exact) mass is 421 g/mol. The van der Waals surface area contributed by atoms with Gasteiger partial charge in [0.25, 0.3) is 5.91 Å². The van der Waals surface area contributed by atoms with Crippen LogP contribution in [0, 0.1) is 5.92 Å². The second kappa shape index (κ2) is 7.16. The molecule has 2 aromatic carbocycles. The molecular formula is C25H19N5O2. The normalized spacial score (nSPS) is 18.8. The van der Waals surface area contributed by atoms with Crippen molar-refractivity contribution in [2.24, 2.45) is 11.0 Å². The minimum absolute atomic E-state index is 0.0403. The van der Waals surface area contributed by atoms with Crippen LogP contribution < -0.4 is 10.9 Å². The summed E-state index contributed by atoms with van der Waals surface area (Å²) in [5.74, 6) is -0.177. The molecule has 4 aromatic rings. The van der Waals surface area contributed by atoms with Crippen LogP contribution in [0.4, 0.5) is 0 Å². The molecule has 1 aliphatic heterocycles. The summed E-state index contributed by atoms with van der Waals surface area (Å²) in [7, 11) is 0. The highest BCUT2D eigenvalue weighted by atomic mass is 16.2. The van der Waals surface area contributed by atoms with Crippen molar-refractivity contribution in [2.75, 3.05) is 5.43 Å². The number of hydrogen-bond acceptors (Lipinski definition) is 4. The van der Waals surface area contributed by atoms with Crippen LogP contribution in [0.3, 0.4) is 0 Å². The standard InChI is InChI=1S/C25H19N5O2/c31-24-17-7-4-8-21-22(17)20(14-27-28-24)23(16-9-11-26-12-10-16)30(21)29-25(32)19-13-18(19)15-5-2-1-3-6-15/h1-12,14,18-19H,13H2,(H,28,31)(H,29,32)/t18-,19+/m0/s1. The molecule has 32 heavy (non-hydrogen) atoms. The molecule has 2 amide bonds. The third-order valence-corrected chi connectivity index (χ3v) is 6.17. The molecule has 3 heterocycles. The summed E-state index contributed by atoms with van der Waals surface area (Å²) in [4.78, 5) is 29.9. The average Bonchev–Trinajstić information content (AvgIpc) is 3.60. The number of nitrogens with zero attached hydrogens (tertiary/aromatic N) is 3. The SMILES string of the molecule is O=C1NN=Cc2c(-c3ccncc3)n(NC(=O)[C@@H]3C[C@H]3c3ccccc3)c3cccc1c23. The fourth-order valence-corrected chi connectivity index (χ4v) is 4.56. The van der Waals surface area contributed by atoms with E-state index in [9.17, 15) is 9.59 Å². The van der Waals surface area contributed by atoms with Gasteiger partial charge in [-0.1, -0.05) is 36.4 Å².